The molecule has 144 valence electrons. The number of piperidine rings is 1. The van der Waals surface area contributed by atoms with Crippen molar-refractivity contribution in [2.24, 2.45) is 0 Å². The van der Waals surface area contributed by atoms with E-state index in [1.807, 2.05) is 18.3 Å². The number of nitrogens with one attached hydrogen (secondary N) is 1. The Labute approximate surface area is 165 Å². The van der Waals surface area contributed by atoms with Gasteiger partial charge in [0.25, 0.3) is 0 Å². The molecule has 1 N–H and O–H groups in total. The first-order chi connectivity index (χ1) is 13.8. The number of halogens is 1. The van der Waals surface area contributed by atoms with Crippen molar-refractivity contribution < 1.29 is 4.39 Å². The molecule has 1 saturated heterocycles. The number of hydrogen-bond acceptors (Lipinski definition) is 4. The third kappa shape index (κ3) is 4.73. The lowest BCUT2D eigenvalue weighted by Gasteiger charge is -2.34. The average Bonchev–Trinajstić information content (AvgIpc) is 2.75. The first-order valence-electron chi connectivity index (χ1n) is 9.87. The molecule has 1 fully saturated rings. The van der Waals surface area contributed by atoms with E-state index in [0.29, 0.717) is 6.04 Å². The van der Waals surface area contributed by atoms with Gasteiger partial charge in [-0.3, -0.25) is 9.97 Å². The topological polar surface area (TPSA) is 41.0 Å². The van der Waals surface area contributed by atoms with Crippen molar-refractivity contribution in [1.82, 2.24) is 15.3 Å². The lowest BCUT2D eigenvalue weighted by molar-refractivity contribution is 0.417. The molecule has 0 aliphatic carbocycles. The zero-order chi connectivity index (χ0) is 19.2. The van der Waals surface area contributed by atoms with Gasteiger partial charge in [-0.2, -0.15) is 0 Å². The van der Waals surface area contributed by atoms with Crippen LogP contribution in [0.2, 0.25) is 0 Å². The Morgan fingerprint density at radius 3 is 2.54 bits per heavy atom. The Kier molecular flexibility index (Phi) is 5.92. The number of nitrogens with zero attached hydrogens (tertiary/aromatic N) is 3. The highest BCUT2D eigenvalue weighted by Gasteiger charge is 2.19. The zero-order valence-electron chi connectivity index (χ0n) is 15.9. The summed E-state index contributed by atoms with van der Waals surface area (Å²) in [5.41, 5.74) is 4.21. The smallest absolute Gasteiger partial charge is 0.123 e. The molecule has 1 aliphatic heterocycles. The van der Waals surface area contributed by atoms with Crippen molar-refractivity contribution in [3.8, 4) is 11.1 Å². The molecule has 1 aliphatic rings. The van der Waals surface area contributed by atoms with E-state index in [-0.39, 0.29) is 5.82 Å². The number of hydrogen-bond donors (Lipinski definition) is 1. The molecular formula is C23H25FN4. The van der Waals surface area contributed by atoms with Gasteiger partial charge >= 0.3 is 0 Å². The van der Waals surface area contributed by atoms with E-state index in [1.54, 1.807) is 24.5 Å². The Bertz CT molecular complexity index is 892. The van der Waals surface area contributed by atoms with Crippen LogP contribution >= 0.6 is 0 Å². The minimum Gasteiger partial charge on any atom is -0.371 e. The maximum Gasteiger partial charge on any atom is 0.123 e. The summed E-state index contributed by atoms with van der Waals surface area (Å²) in [5.74, 6) is -0.198. The third-order valence-electron chi connectivity index (χ3n) is 5.30. The van der Waals surface area contributed by atoms with Crippen LogP contribution in [0.4, 0.5) is 10.1 Å². The minimum absolute atomic E-state index is 0.198. The predicted octanol–water partition coefficient (Wildman–Crippen LogP) is 4.08. The van der Waals surface area contributed by atoms with Gasteiger partial charge in [-0.25, -0.2) is 4.39 Å². The molecule has 0 spiro atoms. The molecule has 2 heterocycles. The van der Waals surface area contributed by atoms with E-state index in [4.69, 9.17) is 0 Å². The third-order valence-corrected chi connectivity index (χ3v) is 5.30. The van der Waals surface area contributed by atoms with Crippen LogP contribution in [0.25, 0.3) is 11.1 Å². The standard InChI is InChI=1S/C23H25FN4/c24-20-5-1-3-18(15-20)19-4-2-6-23(16-19)28-13-8-21(9-14-28)26-10-7-22-17-25-11-12-27-22/h1-6,11-12,15-17,21,26H,7-10,13-14H2. The molecule has 2 aromatic carbocycles. The molecule has 5 heteroatoms. The van der Waals surface area contributed by atoms with Crippen molar-refractivity contribution in [2.75, 3.05) is 24.5 Å². The fourth-order valence-electron chi connectivity index (χ4n) is 3.76. The van der Waals surface area contributed by atoms with Crippen LogP contribution in [0.5, 0.6) is 0 Å². The average molecular weight is 376 g/mol. The Morgan fingerprint density at radius 1 is 1.00 bits per heavy atom. The van der Waals surface area contributed by atoms with Gasteiger partial charge in [0.05, 0.1) is 5.69 Å². The van der Waals surface area contributed by atoms with Crippen LogP contribution in [0.3, 0.4) is 0 Å². The van der Waals surface area contributed by atoms with Gasteiger partial charge in [-0.05, 0) is 48.2 Å². The summed E-state index contributed by atoms with van der Waals surface area (Å²) in [4.78, 5) is 10.8. The molecular weight excluding hydrogens is 351 g/mol. The van der Waals surface area contributed by atoms with Crippen LogP contribution in [-0.2, 0) is 6.42 Å². The summed E-state index contributed by atoms with van der Waals surface area (Å²) >= 11 is 0. The van der Waals surface area contributed by atoms with Gasteiger partial charge < -0.3 is 10.2 Å². The first-order valence-corrected chi connectivity index (χ1v) is 9.87. The number of benzene rings is 2. The maximum atomic E-state index is 13.5. The normalized spacial score (nSPS) is 15.0. The fourth-order valence-corrected chi connectivity index (χ4v) is 3.76. The van der Waals surface area contributed by atoms with Crippen molar-refractivity contribution >= 4 is 5.69 Å². The summed E-state index contributed by atoms with van der Waals surface area (Å²) in [5, 5.41) is 3.65. The van der Waals surface area contributed by atoms with Gasteiger partial charge in [0.1, 0.15) is 5.82 Å². The highest BCUT2D eigenvalue weighted by atomic mass is 19.1. The number of rotatable bonds is 6. The van der Waals surface area contributed by atoms with Crippen molar-refractivity contribution in [3.63, 3.8) is 0 Å². The molecule has 4 rings (SSSR count). The van der Waals surface area contributed by atoms with E-state index in [1.165, 1.54) is 11.8 Å². The molecule has 0 radical (unpaired) electrons. The van der Waals surface area contributed by atoms with Crippen LogP contribution in [0, 0.1) is 5.82 Å². The van der Waals surface area contributed by atoms with Crippen LogP contribution in [0.15, 0.2) is 67.1 Å². The van der Waals surface area contributed by atoms with E-state index < -0.39 is 0 Å². The lowest BCUT2D eigenvalue weighted by Crippen LogP contribution is -2.43. The second-order valence-corrected chi connectivity index (χ2v) is 7.22. The van der Waals surface area contributed by atoms with Gasteiger partial charge in [-0.15, -0.1) is 0 Å². The Morgan fingerprint density at radius 2 is 1.79 bits per heavy atom. The van der Waals surface area contributed by atoms with Crippen LogP contribution < -0.4 is 10.2 Å². The fraction of sp³-hybridized carbons (Fsp3) is 0.304. The van der Waals surface area contributed by atoms with E-state index in [2.05, 4.69) is 38.4 Å². The molecule has 1 aromatic heterocycles. The molecule has 0 unspecified atom stereocenters. The monoisotopic (exact) mass is 376 g/mol. The second kappa shape index (κ2) is 8.93. The highest BCUT2D eigenvalue weighted by molar-refractivity contribution is 5.68. The van der Waals surface area contributed by atoms with Crippen molar-refractivity contribution in [2.45, 2.75) is 25.3 Å². The first kappa shape index (κ1) is 18.6. The molecule has 0 amide bonds. The molecule has 4 nitrogen and oxygen atoms in total. The lowest BCUT2D eigenvalue weighted by atomic mass is 10.0. The Balaban J connectivity index is 1.31. The van der Waals surface area contributed by atoms with E-state index in [0.717, 1.165) is 55.7 Å². The van der Waals surface area contributed by atoms with Crippen molar-refractivity contribution in [3.05, 3.63) is 78.6 Å². The molecule has 0 bridgehead atoms. The molecule has 28 heavy (non-hydrogen) atoms. The minimum atomic E-state index is -0.198. The zero-order valence-corrected chi connectivity index (χ0v) is 15.9. The van der Waals surface area contributed by atoms with Gasteiger partial charge in [0.2, 0.25) is 0 Å². The van der Waals surface area contributed by atoms with E-state index >= 15 is 0 Å². The molecule has 3 aromatic rings. The summed E-state index contributed by atoms with van der Waals surface area (Å²) < 4.78 is 13.5. The summed E-state index contributed by atoms with van der Waals surface area (Å²) in [7, 11) is 0. The highest BCUT2D eigenvalue weighted by Crippen LogP contribution is 2.27. The quantitative estimate of drug-likeness (QED) is 0.704. The van der Waals surface area contributed by atoms with Crippen LogP contribution in [-0.4, -0.2) is 35.6 Å². The second-order valence-electron chi connectivity index (χ2n) is 7.22. The van der Waals surface area contributed by atoms with Crippen molar-refractivity contribution in [1.29, 1.82) is 0 Å². The van der Waals surface area contributed by atoms with Gasteiger partial charge in [0.15, 0.2) is 0 Å². The summed E-state index contributed by atoms with van der Waals surface area (Å²) in [6, 6.07) is 15.7. The summed E-state index contributed by atoms with van der Waals surface area (Å²) in [6.45, 7) is 2.98. The predicted molar refractivity (Wildman–Crippen MR) is 111 cm³/mol. The summed E-state index contributed by atoms with van der Waals surface area (Å²) in [6.07, 6.45) is 8.41. The van der Waals surface area contributed by atoms with E-state index in [9.17, 15) is 4.39 Å². The molecule has 0 atom stereocenters. The largest absolute Gasteiger partial charge is 0.371 e. The van der Waals surface area contributed by atoms with Gasteiger partial charge in [-0.1, -0.05) is 24.3 Å². The Hall–Kier alpha value is -2.79. The maximum absolute atomic E-state index is 13.5. The van der Waals surface area contributed by atoms with Crippen LogP contribution in [0.1, 0.15) is 18.5 Å². The SMILES string of the molecule is Fc1cccc(-c2cccc(N3CCC(NCCc4cnccn4)CC3)c2)c1. The molecule has 0 saturated carbocycles. The number of aromatic nitrogens is 2. The number of anilines is 1. The van der Waals surface area contributed by atoms with Gasteiger partial charge in [0, 0.05) is 56.4 Å².